The summed E-state index contributed by atoms with van der Waals surface area (Å²) in [6, 6.07) is 11.3. The first kappa shape index (κ1) is 17.4. The van der Waals surface area contributed by atoms with Crippen LogP contribution in [-0.2, 0) is 4.79 Å². The van der Waals surface area contributed by atoms with Gasteiger partial charge in [-0.25, -0.2) is 15.8 Å². The molecule has 1 amide bonds. The fourth-order valence-corrected chi connectivity index (χ4v) is 3.51. The lowest BCUT2D eigenvalue weighted by molar-refractivity contribution is -0.133. The van der Waals surface area contributed by atoms with Crippen molar-refractivity contribution in [1.29, 1.82) is 5.26 Å². The summed E-state index contributed by atoms with van der Waals surface area (Å²) in [7, 11) is 0. The highest BCUT2D eigenvalue weighted by Gasteiger charge is 2.34. The molecule has 0 aromatic carbocycles. The number of carbonyl (C=O) groups excluding carboxylic acids is 1. The Morgan fingerprint density at radius 3 is 2.63 bits per heavy atom. The number of nitriles is 1. The molecule has 2 saturated heterocycles. The van der Waals surface area contributed by atoms with Gasteiger partial charge in [-0.3, -0.25) is 9.78 Å². The summed E-state index contributed by atoms with van der Waals surface area (Å²) in [5.74, 6) is 0.963. The number of nitrogens with zero attached hydrogens (tertiary/aromatic N) is 5. The first-order valence-corrected chi connectivity index (χ1v) is 9.06. The average Bonchev–Trinajstić information content (AvgIpc) is 3.24. The van der Waals surface area contributed by atoms with Crippen LogP contribution in [0.2, 0.25) is 0 Å². The summed E-state index contributed by atoms with van der Waals surface area (Å²) >= 11 is 0. The second kappa shape index (κ2) is 7.70. The van der Waals surface area contributed by atoms with Gasteiger partial charge in [0.2, 0.25) is 5.91 Å². The van der Waals surface area contributed by atoms with Gasteiger partial charge in [-0.15, -0.1) is 0 Å². The lowest BCUT2D eigenvalue weighted by Gasteiger charge is -2.36. The Balaban J connectivity index is 1.32. The van der Waals surface area contributed by atoms with Gasteiger partial charge < -0.3 is 9.80 Å². The maximum Gasteiger partial charge on any atom is 0.241 e. The standard InChI is InChI=1S/C19H21N7O/c20-12-14-4-5-18(22-13-14)25-7-9-26(10-8-25)19(27)17-11-16(23-24-17)15-3-1-2-6-21-15/h1-6,13,16-17,23-24H,7-11H2. The van der Waals surface area contributed by atoms with Crippen LogP contribution in [-0.4, -0.2) is 53.0 Å². The van der Waals surface area contributed by atoms with Crippen molar-refractivity contribution in [2.75, 3.05) is 31.1 Å². The van der Waals surface area contributed by atoms with Crippen molar-refractivity contribution in [3.8, 4) is 6.07 Å². The molecule has 27 heavy (non-hydrogen) atoms. The van der Waals surface area contributed by atoms with Crippen molar-refractivity contribution < 1.29 is 4.79 Å². The highest BCUT2D eigenvalue weighted by atomic mass is 16.2. The van der Waals surface area contributed by atoms with Gasteiger partial charge >= 0.3 is 0 Å². The van der Waals surface area contributed by atoms with Crippen LogP contribution in [0.1, 0.15) is 23.7 Å². The number of aromatic nitrogens is 2. The normalized spacial score (nSPS) is 22.5. The van der Waals surface area contributed by atoms with Crippen LogP contribution >= 0.6 is 0 Å². The zero-order chi connectivity index (χ0) is 18.6. The summed E-state index contributed by atoms with van der Waals surface area (Å²) in [6.45, 7) is 2.78. The fourth-order valence-electron chi connectivity index (χ4n) is 3.51. The number of anilines is 1. The molecule has 8 nitrogen and oxygen atoms in total. The van der Waals surface area contributed by atoms with Gasteiger partial charge in [0.25, 0.3) is 0 Å². The number of piperazine rings is 1. The van der Waals surface area contributed by atoms with E-state index >= 15 is 0 Å². The van der Waals surface area contributed by atoms with E-state index in [1.165, 1.54) is 0 Å². The summed E-state index contributed by atoms with van der Waals surface area (Å²) in [5, 5.41) is 8.87. The van der Waals surface area contributed by atoms with E-state index in [1.807, 2.05) is 29.2 Å². The Hall–Kier alpha value is -3.02. The van der Waals surface area contributed by atoms with E-state index in [0.717, 1.165) is 24.6 Å². The Labute approximate surface area is 157 Å². The van der Waals surface area contributed by atoms with Crippen LogP contribution in [0, 0.1) is 11.3 Å². The molecule has 0 aliphatic carbocycles. The van der Waals surface area contributed by atoms with E-state index in [1.54, 1.807) is 18.5 Å². The first-order valence-electron chi connectivity index (χ1n) is 9.06. The molecule has 2 aromatic rings. The molecule has 0 saturated carbocycles. The molecule has 2 aromatic heterocycles. The molecule has 2 atom stereocenters. The monoisotopic (exact) mass is 363 g/mol. The predicted molar refractivity (Wildman–Crippen MR) is 99.4 cm³/mol. The third-order valence-corrected chi connectivity index (χ3v) is 5.04. The highest BCUT2D eigenvalue weighted by Crippen LogP contribution is 2.22. The number of amides is 1. The van der Waals surface area contributed by atoms with E-state index in [0.29, 0.717) is 25.1 Å². The molecule has 0 bridgehead atoms. The molecule has 2 aliphatic rings. The molecule has 138 valence electrons. The molecule has 2 unspecified atom stereocenters. The number of pyridine rings is 2. The van der Waals surface area contributed by atoms with Gasteiger partial charge in [0.1, 0.15) is 17.9 Å². The van der Waals surface area contributed by atoms with Gasteiger partial charge in [0.05, 0.1) is 17.3 Å². The SMILES string of the molecule is N#Cc1ccc(N2CCN(C(=O)C3CC(c4ccccn4)NN3)CC2)nc1. The maximum absolute atomic E-state index is 12.8. The molecule has 8 heteroatoms. The summed E-state index contributed by atoms with van der Waals surface area (Å²) in [6.07, 6.45) is 4.04. The van der Waals surface area contributed by atoms with Crippen molar-refractivity contribution in [3.63, 3.8) is 0 Å². The Morgan fingerprint density at radius 2 is 1.96 bits per heavy atom. The van der Waals surface area contributed by atoms with Crippen LogP contribution in [0.5, 0.6) is 0 Å². The Morgan fingerprint density at radius 1 is 1.11 bits per heavy atom. The molecule has 2 aliphatic heterocycles. The lowest BCUT2D eigenvalue weighted by Crippen LogP contribution is -2.53. The third-order valence-electron chi connectivity index (χ3n) is 5.04. The highest BCUT2D eigenvalue weighted by molar-refractivity contribution is 5.82. The number of hydrogen-bond donors (Lipinski definition) is 2. The molecule has 0 spiro atoms. The van der Waals surface area contributed by atoms with E-state index in [2.05, 4.69) is 31.8 Å². The number of hydrogen-bond acceptors (Lipinski definition) is 7. The minimum Gasteiger partial charge on any atom is -0.353 e. The molecule has 0 radical (unpaired) electrons. The van der Waals surface area contributed by atoms with Crippen LogP contribution in [0.4, 0.5) is 5.82 Å². The minimum absolute atomic E-state index is 0.0456. The fraction of sp³-hybridized carbons (Fsp3) is 0.368. The zero-order valence-electron chi connectivity index (χ0n) is 14.9. The smallest absolute Gasteiger partial charge is 0.241 e. The van der Waals surface area contributed by atoms with Crippen LogP contribution in [0.15, 0.2) is 42.7 Å². The van der Waals surface area contributed by atoms with Crippen molar-refractivity contribution in [2.45, 2.75) is 18.5 Å². The number of hydrazine groups is 1. The maximum atomic E-state index is 12.8. The molecular weight excluding hydrogens is 342 g/mol. The van der Waals surface area contributed by atoms with E-state index in [-0.39, 0.29) is 18.0 Å². The summed E-state index contributed by atoms with van der Waals surface area (Å²) in [4.78, 5) is 25.6. The van der Waals surface area contributed by atoms with Crippen molar-refractivity contribution in [1.82, 2.24) is 25.7 Å². The second-order valence-electron chi connectivity index (χ2n) is 6.71. The Bertz CT molecular complexity index is 825. The van der Waals surface area contributed by atoms with E-state index in [4.69, 9.17) is 5.26 Å². The largest absolute Gasteiger partial charge is 0.353 e. The van der Waals surface area contributed by atoms with Gasteiger partial charge in [-0.2, -0.15) is 5.26 Å². The van der Waals surface area contributed by atoms with Crippen molar-refractivity contribution >= 4 is 11.7 Å². The van der Waals surface area contributed by atoms with Gasteiger partial charge in [0.15, 0.2) is 0 Å². The van der Waals surface area contributed by atoms with Gasteiger partial charge in [0, 0.05) is 38.6 Å². The second-order valence-corrected chi connectivity index (χ2v) is 6.71. The third kappa shape index (κ3) is 3.74. The predicted octanol–water partition coefficient (Wildman–Crippen LogP) is 0.605. The van der Waals surface area contributed by atoms with Crippen molar-refractivity contribution in [2.24, 2.45) is 0 Å². The molecule has 2 N–H and O–H groups in total. The Kier molecular flexibility index (Phi) is 4.96. The van der Waals surface area contributed by atoms with Crippen LogP contribution < -0.4 is 15.8 Å². The average molecular weight is 363 g/mol. The van der Waals surface area contributed by atoms with Crippen molar-refractivity contribution in [3.05, 3.63) is 54.0 Å². The molecular formula is C19H21N7O. The number of rotatable bonds is 3. The zero-order valence-corrected chi connectivity index (χ0v) is 14.9. The van der Waals surface area contributed by atoms with Crippen LogP contribution in [0.3, 0.4) is 0 Å². The first-order chi connectivity index (χ1) is 13.2. The number of nitrogens with one attached hydrogen (secondary N) is 2. The molecule has 2 fully saturated rings. The number of carbonyl (C=O) groups is 1. The van der Waals surface area contributed by atoms with E-state index in [9.17, 15) is 4.79 Å². The minimum atomic E-state index is -0.239. The topological polar surface area (TPSA) is 97.2 Å². The molecule has 4 heterocycles. The van der Waals surface area contributed by atoms with E-state index < -0.39 is 0 Å². The summed E-state index contributed by atoms with van der Waals surface area (Å²) in [5.41, 5.74) is 7.79. The van der Waals surface area contributed by atoms with Gasteiger partial charge in [-0.05, 0) is 30.7 Å². The lowest BCUT2D eigenvalue weighted by atomic mass is 10.1. The quantitative estimate of drug-likeness (QED) is 0.824. The van der Waals surface area contributed by atoms with Gasteiger partial charge in [-0.1, -0.05) is 6.07 Å². The summed E-state index contributed by atoms with van der Waals surface area (Å²) < 4.78 is 0. The van der Waals surface area contributed by atoms with Crippen LogP contribution in [0.25, 0.3) is 0 Å². The molecule has 4 rings (SSSR count).